The van der Waals surface area contributed by atoms with Gasteiger partial charge in [0.05, 0.1) is 11.6 Å². The summed E-state index contributed by atoms with van der Waals surface area (Å²) in [5.41, 5.74) is 2.30. The molecule has 1 N–H and O–H groups in total. The van der Waals surface area contributed by atoms with Gasteiger partial charge in [0.25, 0.3) is 0 Å². The smallest absolute Gasteiger partial charge is 0.0758 e. The van der Waals surface area contributed by atoms with Gasteiger partial charge in [-0.1, -0.05) is 28.1 Å². The molecule has 1 aliphatic rings. The second-order valence-electron chi connectivity index (χ2n) is 4.96. The summed E-state index contributed by atoms with van der Waals surface area (Å²) in [6.45, 7) is 3.82. The van der Waals surface area contributed by atoms with Crippen molar-refractivity contribution in [2.24, 2.45) is 0 Å². The number of rotatable bonds is 3. The first-order valence-electron chi connectivity index (χ1n) is 6.63. The van der Waals surface area contributed by atoms with Crippen LogP contribution < -0.4 is 5.32 Å². The average Bonchev–Trinajstić information content (AvgIpc) is 2.84. The minimum Gasteiger partial charge on any atom is -0.377 e. The van der Waals surface area contributed by atoms with Crippen LogP contribution in [0.1, 0.15) is 18.9 Å². The van der Waals surface area contributed by atoms with Crippen molar-refractivity contribution in [3.63, 3.8) is 0 Å². The van der Waals surface area contributed by atoms with E-state index in [9.17, 15) is 0 Å². The lowest BCUT2D eigenvalue weighted by Gasteiger charge is -2.16. The van der Waals surface area contributed by atoms with Crippen LogP contribution in [0.2, 0.25) is 0 Å². The summed E-state index contributed by atoms with van der Waals surface area (Å²) < 4.78 is 6.67. The Labute approximate surface area is 121 Å². The van der Waals surface area contributed by atoms with E-state index in [2.05, 4.69) is 51.4 Å². The molecule has 1 aliphatic heterocycles. The van der Waals surface area contributed by atoms with Crippen molar-refractivity contribution >= 4 is 26.8 Å². The predicted octanol–water partition coefficient (Wildman–Crippen LogP) is 3.26. The van der Waals surface area contributed by atoms with Crippen LogP contribution in [-0.4, -0.2) is 23.7 Å². The average molecular weight is 321 g/mol. The second kappa shape index (κ2) is 5.57. The highest BCUT2D eigenvalue weighted by atomic mass is 79.9. The third kappa shape index (κ3) is 2.66. The van der Waals surface area contributed by atoms with Crippen LogP contribution in [0.4, 0.5) is 0 Å². The number of nitrogens with one attached hydrogen (secondary N) is 1. The van der Waals surface area contributed by atoms with Gasteiger partial charge in [-0.2, -0.15) is 0 Å². The fraction of sp³-hybridized carbons (Fsp3) is 0.400. The summed E-state index contributed by atoms with van der Waals surface area (Å²) in [5, 5.41) is 4.74. The van der Waals surface area contributed by atoms with Crippen molar-refractivity contribution in [3.05, 3.63) is 40.5 Å². The molecule has 1 fully saturated rings. The molecule has 2 atom stereocenters. The maximum atomic E-state index is 5.57. The van der Waals surface area contributed by atoms with Crippen molar-refractivity contribution in [1.29, 1.82) is 0 Å². The minimum absolute atomic E-state index is 0.301. The molecule has 0 bridgehead atoms. The van der Waals surface area contributed by atoms with Crippen molar-refractivity contribution in [2.45, 2.75) is 32.0 Å². The first-order valence-corrected chi connectivity index (χ1v) is 7.42. The molecule has 2 unspecified atom stereocenters. The molecule has 4 heteroatoms. The number of ether oxygens (including phenoxy) is 1. The van der Waals surface area contributed by atoms with E-state index in [4.69, 9.17) is 4.74 Å². The van der Waals surface area contributed by atoms with Crippen molar-refractivity contribution in [1.82, 2.24) is 10.3 Å². The Kier molecular flexibility index (Phi) is 3.82. The molecule has 3 rings (SSSR count). The molecule has 0 amide bonds. The molecular weight excluding hydrogens is 304 g/mol. The van der Waals surface area contributed by atoms with E-state index in [0.29, 0.717) is 12.1 Å². The Bertz CT molecular complexity index is 587. The topological polar surface area (TPSA) is 34.1 Å². The van der Waals surface area contributed by atoms with Gasteiger partial charge in [-0.3, -0.25) is 4.98 Å². The Morgan fingerprint density at radius 2 is 2.32 bits per heavy atom. The van der Waals surface area contributed by atoms with Crippen molar-refractivity contribution in [3.8, 4) is 0 Å². The van der Waals surface area contributed by atoms with Gasteiger partial charge < -0.3 is 10.1 Å². The summed E-state index contributed by atoms with van der Waals surface area (Å²) in [4.78, 5) is 4.50. The molecule has 2 aromatic rings. The highest BCUT2D eigenvalue weighted by molar-refractivity contribution is 9.10. The van der Waals surface area contributed by atoms with Gasteiger partial charge >= 0.3 is 0 Å². The lowest BCUT2D eigenvalue weighted by atomic mass is 10.1. The zero-order chi connectivity index (χ0) is 13.2. The SMILES string of the molecule is CC1OCCC1NCc1ccc(Br)c2cccnc12. The van der Waals surface area contributed by atoms with E-state index in [1.165, 1.54) is 5.56 Å². The molecule has 3 nitrogen and oxygen atoms in total. The summed E-state index contributed by atoms with van der Waals surface area (Å²) in [6, 6.07) is 8.74. The number of benzene rings is 1. The first kappa shape index (κ1) is 13.0. The van der Waals surface area contributed by atoms with Gasteiger partial charge in [-0.05, 0) is 31.0 Å². The van der Waals surface area contributed by atoms with Crippen LogP contribution in [0, 0.1) is 0 Å². The fourth-order valence-corrected chi connectivity index (χ4v) is 3.03. The number of hydrogen-bond acceptors (Lipinski definition) is 3. The third-order valence-electron chi connectivity index (χ3n) is 3.73. The molecule has 19 heavy (non-hydrogen) atoms. The van der Waals surface area contributed by atoms with Crippen LogP contribution >= 0.6 is 15.9 Å². The largest absolute Gasteiger partial charge is 0.377 e. The monoisotopic (exact) mass is 320 g/mol. The summed E-state index contributed by atoms with van der Waals surface area (Å²) >= 11 is 3.58. The van der Waals surface area contributed by atoms with E-state index < -0.39 is 0 Å². The summed E-state index contributed by atoms with van der Waals surface area (Å²) in [6.07, 6.45) is 3.23. The number of nitrogens with zero attached hydrogens (tertiary/aromatic N) is 1. The van der Waals surface area contributed by atoms with E-state index in [1.54, 1.807) is 0 Å². The van der Waals surface area contributed by atoms with Gasteiger partial charge in [-0.25, -0.2) is 0 Å². The zero-order valence-electron chi connectivity index (χ0n) is 10.9. The number of hydrogen-bond donors (Lipinski definition) is 1. The number of fused-ring (bicyclic) bond motifs is 1. The molecule has 2 heterocycles. The van der Waals surface area contributed by atoms with Gasteiger partial charge in [0.1, 0.15) is 0 Å². The molecule has 0 saturated carbocycles. The number of aromatic nitrogens is 1. The van der Waals surface area contributed by atoms with E-state index in [1.807, 2.05) is 12.3 Å². The predicted molar refractivity (Wildman–Crippen MR) is 80.1 cm³/mol. The first-order chi connectivity index (χ1) is 9.25. The molecule has 0 radical (unpaired) electrons. The van der Waals surface area contributed by atoms with Gasteiger partial charge in [0.15, 0.2) is 0 Å². The molecular formula is C15H17BrN2O. The molecule has 0 spiro atoms. The summed E-state index contributed by atoms with van der Waals surface area (Å²) in [7, 11) is 0. The quantitative estimate of drug-likeness (QED) is 0.942. The molecule has 100 valence electrons. The van der Waals surface area contributed by atoms with Crippen LogP contribution in [0.15, 0.2) is 34.9 Å². The van der Waals surface area contributed by atoms with Gasteiger partial charge in [-0.15, -0.1) is 0 Å². The highest BCUT2D eigenvalue weighted by Gasteiger charge is 2.23. The van der Waals surface area contributed by atoms with Gasteiger partial charge in [0.2, 0.25) is 0 Å². The molecule has 1 saturated heterocycles. The van der Waals surface area contributed by atoms with Crippen LogP contribution in [-0.2, 0) is 11.3 Å². The highest BCUT2D eigenvalue weighted by Crippen LogP contribution is 2.25. The Morgan fingerprint density at radius 1 is 1.42 bits per heavy atom. The van der Waals surface area contributed by atoms with E-state index in [-0.39, 0.29) is 0 Å². The standard InChI is InChI=1S/C15H17BrN2O/c1-10-14(6-8-19-10)18-9-11-4-5-13(16)12-3-2-7-17-15(11)12/h2-5,7,10,14,18H,6,8-9H2,1H3. The molecule has 1 aromatic heterocycles. The normalized spacial score (nSPS) is 23.1. The maximum Gasteiger partial charge on any atom is 0.0758 e. The van der Waals surface area contributed by atoms with Crippen LogP contribution in [0.3, 0.4) is 0 Å². The Morgan fingerprint density at radius 3 is 3.11 bits per heavy atom. The van der Waals surface area contributed by atoms with Gasteiger partial charge in [0, 0.05) is 35.2 Å². The maximum absolute atomic E-state index is 5.57. The zero-order valence-corrected chi connectivity index (χ0v) is 12.5. The molecule has 1 aromatic carbocycles. The van der Waals surface area contributed by atoms with E-state index in [0.717, 1.165) is 34.9 Å². The Hall–Kier alpha value is -0.970. The lowest BCUT2D eigenvalue weighted by Crippen LogP contribution is -2.34. The fourth-order valence-electron chi connectivity index (χ4n) is 2.58. The van der Waals surface area contributed by atoms with Crippen LogP contribution in [0.25, 0.3) is 10.9 Å². The van der Waals surface area contributed by atoms with Crippen molar-refractivity contribution in [2.75, 3.05) is 6.61 Å². The number of pyridine rings is 1. The van der Waals surface area contributed by atoms with Crippen LogP contribution in [0.5, 0.6) is 0 Å². The van der Waals surface area contributed by atoms with E-state index >= 15 is 0 Å². The lowest BCUT2D eigenvalue weighted by molar-refractivity contribution is 0.113. The summed E-state index contributed by atoms with van der Waals surface area (Å²) in [5.74, 6) is 0. The third-order valence-corrected chi connectivity index (χ3v) is 4.42. The minimum atomic E-state index is 0.301. The van der Waals surface area contributed by atoms with Crippen molar-refractivity contribution < 1.29 is 4.74 Å². The second-order valence-corrected chi connectivity index (χ2v) is 5.81. The number of halogens is 1. The molecule has 0 aliphatic carbocycles. The Balaban J connectivity index is 1.83.